The summed E-state index contributed by atoms with van der Waals surface area (Å²) in [5, 5.41) is 11.4. The summed E-state index contributed by atoms with van der Waals surface area (Å²) >= 11 is 0. The molecule has 1 aliphatic rings. The van der Waals surface area contributed by atoms with Gasteiger partial charge in [0, 0.05) is 23.6 Å². The number of phenolic OH excluding ortho intramolecular Hbond substituents is 1. The Morgan fingerprint density at radius 3 is 2.67 bits per heavy atom. The van der Waals surface area contributed by atoms with Crippen molar-refractivity contribution in [2.24, 2.45) is 7.05 Å². The number of nitrogens with one attached hydrogen (secondary N) is 1. The summed E-state index contributed by atoms with van der Waals surface area (Å²) < 4.78 is 7.28. The molecule has 24 heavy (non-hydrogen) atoms. The summed E-state index contributed by atoms with van der Waals surface area (Å²) in [5.74, 6) is -0.0298. The van der Waals surface area contributed by atoms with E-state index in [2.05, 4.69) is 0 Å². The van der Waals surface area contributed by atoms with Crippen LogP contribution in [0.25, 0.3) is 10.9 Å². The maximum Gasteiger partial charge on any atom is 0.340 e. The molecule has 0 bridgehead atoms. The molecule has 0 atom stereocenters. The number of hydrogen-bond acceptors (Lipinski definition) is 3. The normalized spacial score (nSPS) is 15.8. The summed E-state index contributed by atoms with van der Waals surface area (Å²) in [6.45, 7) is 7.08. The van der Waals surface area contributed by atoms with Crippen LogP contribution in [0, 0.1) is 6.92 Å². The molecule has 1 fully saturated rings. The number of benzene rings is 1. The van der Waals surface area contributed by atoms with Gasteiger partial charge in [0.25, 0.3) is 0 Å². The minimum atomic E-state index is -0.305. The van der Waals surface area contributed by atoms with E-state index in [9.17, 15) is 9.90 Å². The lowest BCUT2D eigenvalue weighted by atomic mass is 10.0. The van der Waals surface area contributed by atoms with Gasteiger partial charge >= 0.3 is 5.97 Å². The molecule has 0 amide bonds. The van der Waals surface area contributed by atoms with Crippen molar-refractivity contribution in [1.29, 1.82) is 0 Å². The van der Waals surface area contributed by atoms with E-state index in [1.165, 1.54) is 24.2 Å². The van der Waals surface area contributed by atoms with E-state index in [-0.39, 0.29) is 11.7 Å². The zero-order chi connectivity index (χ0) is 17.3. The average Bonchev–Trinajstić information content (AvgIpc) is 2.83. The molecule has 0 aliphatic carbocycles. The van der Waals surface area contributed by atoms with Gasteiger partial charge in [0.2, 0.25) is 0 Å². The second kappa shape index (κ2) is 6.85. The molecule has 130 valence electrons. The summed E-state index contributed by atoms with van der Waals surface area (Å²) in [5.41, 5.74) is 3.32. The number of aromatic nitrogens is 1. The first-order chi connectivity index (χ1) is 11.5. The van der Waals surface area contributed by atoms with Crippen LogP contribution >= 0.6 is 0 Å². The van der Waals surface area contributed by atoms with E-state index < -0.39 is 0 Å². The fraction of sp³-hybridized carbons (Fsp3) is 0.526. The van der Waals surface area contributed by atoms with E-state index in [0.29, 0.717) is 12.2 Å². The van der Waals surface area contributed by atoms with Crippen molar-refractivity contribution in [3.05, 3.63) is 29.0 Å². The quantitative estimate of drug-likeness (QED) is 0.842. The first-order valence-electron chi connectivity index (χ1n) is 8.85. The molecule has 2 heterocycles. The molecule has 5 heteroatoms. The number of hydrogen-bond donors (Lipinski definition) is 2. The molecule has 1 aliphatic heterocycles. The lowest BCUT2D eigenvalue weighted by molar-refractivity contribution is -0.918. The molecule has 5 nitrogen and oxygen atoms in total. The Bertz CT molecular complexity index is 758. The van der Waals surface area contributed by atoms with Gasteiger partial charge in [-0.15, -0.1) is 0 Å². The lowest BCUT2D eigenvalue weighted by Gasteiger charge is -2.24. The molecule has 1 aromatic carbocycles. The number of ether oxygens (including phenoxy) is 1. The zero-order valence-corrected chi connectivity index (χ0v) is 14.8. The van der Waals surface area contributed by atoms with Crippen LogP contribution in [0.2, 0.25) is 0 Å². The van der Waals surface area contributed by atoms with Crippen LogP contribution in [-0.2, 0) is 18.3 Å². The molecule has 2 N–H and O–H groups in total. The number of likely N-dealkylation sites (tertiary alicyclic amines) is 1. The van der Waals surface area contributed by atoms with E-state index >= 15 is 0 Å². The molecule has 2 aromatic rings. The van der Waals surface area contributed by atoms with Gasteiger partial charge in [-0.2, -0.15) is 0 Å². The summed E-state index contributed by atoms with van der Waals surface area (Å²) in [6, 6.07) is 3.63. The van der Waals surface area contributed by atoms with Crippen molar-refractivity contribution < 1.29 is 19.5 Å². The first-order valence-corrected chi connectivity index (χ1v) is 8.85. The van der Waals surface area contributed by atoms with Gasteiger partial charge in [-0.3, -0.25) is 0 Å². The monoisotopic (exact) mass is 331 g/mol. The number of fused-ring (bicyclic) bond motifs is 1. The van der Waals surface area contributed by atoms with Crippen molar-refractivity contribution in [2.45, 2.75) is 39.7 Å². The van der Waals surface area contributed by atoms with Gasteiger partial charge in [0.15, 0.2) is 0 Å². The number of esters is 1. The third kappa shape index (κ3) is 2.88. The molecule has 3 rings (SSSR count). The number of quaternary nitrogens is 1. The minimum absolute atomic E-state index is 0.275. The van der Waals surface area contributed by atoms with Crippen LogP contribution in [0.3, 0.4) is 0 Å². The highest BCUT2D eigenvalue weighted by Gasteiger charge is 2.26. The maximum atomic E-state index is 12.5. The maximum absolute atomic E-state index is 12.5. The van der Waals surface area contributed by atoms with E-state index in [4.69, 9.17) is 4.74 Å². The Morgan fingerprint density at radius 1 is 1.29 bits per heavy atom. The summed E-state index contributed by atoms with van der Waals surface area (Å²) in [4.78, 5) is 14.0. The van der Waals surface area contributed by atoms with Gasteiger partial charge in [0.05, 0.1) is 30.8 Å². The highest BCUT2D eigenvalue weighted by atomic mass is 16.5. The lowest BCUT2D eigenvalue weighted by Crippen LogP contribution is -3.11. The Kier molecular flexibility index (Phi) is 4.81. The summed E-state index contributed by atoms with van der Waals surface area (Å²) in [6.07, 6.45) is 3.74. The standard InChI is InChI=1S/C19H26N2O3/c1-4-24-19(23)17-13(2)20(3)15-8-9-16(22)14(18(15)17)12-21-10-6-5-7-11-21/h8-9,22H,4-7,10-12H2,1-3H3/p+1. The topological polar surface area (TPSA) is 55.9 Å². The largest absolute Gasteiger partial charge is 0.507 e. The molecule has 0 spiro atoms. The van der Waals surface area contributed by atoms with Gasteiger partial charge in [0.1, 0.15) is 12.3 Å². The molecular weight excluding hydrogens is 304 g/mol. The number of piperidine rings is 1. The first kappa shape index (κ1) is 16.8. The van der Waals surface area contributed by atoms with Gasteiger partial charge in [-0.25, -0.2) is 4.79 Å². The predicted molar refractivity (Wildman–Crippen MR) is 93.5 cm³/mol. The number of aryl methyl sites for hydroxylation is 1. The van der Waals surface area contributed by atoms with Crippen LogP contribution in [-0.4, -0.2) is 35.3 Å². The third-order valence-corrected chi connectivity index (χ3v) is 5.21. The van der Waals surface area contributed by atoms with Crippen molar-refractivity contribution >= 4 is 16.9 Å². The molecule has 0 saturated carbocycles. The average molecular weight is 331 g/mol. The highest BCUT2D eigenvalue weighted by molar-refractivity contribution is 6.07. The fourth-order valence-corrected chi connectivity index (χ4v) is 3.82. The number of rotatable bonds is 4. The highest BCUT2D eigenvalue weighted by Crippen LogP contribution is 2.33. The van der Waals surface area contributed by atoms with E-state index in [1.54, 1.807) is 6.07 Å². The van der Waals surface area contributed by atoms with Crippen molar-refractivity contribution in [1.82, 2.24) is 4.57 Å². The van der Waals surface area contributed by atoms with Crippen molar-refractivity contribution in [2.75, 3.05) is 19.7 Å². The van der Waals surface area contributed by atoms with Crippen molar-refractivity contribution in [3.63, 3.8) is 0 Å². The Labute approximate surface area is 142 Å². The van der Waals surface area contributed by atoms with Gasteiger partial charge in [-0.1, -0.05) is 0 Å². The van der Waals surface area contributed by atoms with Crippen molar-refractivity contribution in [3.8, 4) is 5.75 Å². The number of aromatic hydroxyl groups is 1. The number of nitrogens with zero attached hydrogens (tertiary/aromatic N) is 1. The smallest absolute Gasteiger partial charge is 0.340 e. The van der Waals surface area contributed by atoms with Crippen LogP contribution < -0.4 is 4.90 Å². The number of carbonyl (C=O) groups excluding carboxylic acids is 1. The Morgan fingerprint density at radius 2 is 2.00 bits per heavy atom. The minimum Gasteiger partial charge on any atom is -0.507 e. The van der Waals surface area contributed by atoms with Crippen LogP contribution in [0.1, 0.15) is 47.8 Å². The zero-order valence-electron chi connectivity index (χ0n) is 14.8. The fourth-order valence-electron chi connectivity index (χ4n) is 3.82. The third-order valence-electron chi connectivity index (χ3n) is 5.21. The van der Waals surface area contributed by atoms with E-state index in [0.717, 1.165) is 41.8 Å². The predicted octanol–water partition coefficient (Wildman–Crippen LogP) is 1.94. The molecule has 0 unspecified atom stereocenters. The molecule has 1 saturated heterocycles. The van der Waals surface area contributed by atoms with Crippen LogP contribution in [0.5, 0.6) is 5.75 Å². The Hall–Kier alpha value is -2.01. The summed E-state index contributed by atoms with van der Waals surface area (Å²) in [7, 11) is 1.95. The Balaban J connectivity index is 2.14. The molecular formula is C19H27N2O3+. The molecule has 1 aromatic heterocycles. The second-order valence-corrected chi connectivity index (χ2v) is 6.68. The van der Waals surface area contributed by atoms with Gasteiger partial charge in [-0.05, 0) is 45.2 Å². The number of phenols is 1. The SMILES string of the molecule is CCOC(=O)c1c(C)n(C)c2ccc(O)c(C[NH+]3CCCCC3)c12. The van der Waals surface area contributed by atoms with E-state index in [1.807, 2.05) is 31.5 Å². The second-order valence-electron chi connectivity index (χ2n) is 6.68. The van der Waals surface area contributed by atoms with Crippen LogP contribution in [0.4, 0.5) is 0 Å². The van der Waals surface area contributed by atoms with Gasteiger partial charge < -0.3 is 19.3 Å². The number of carbonyl (C=O) groups is 1. The molecule has 0 radical (unpaired) electrons. The van der Waals surface area contributed by atoms with Crippen LogP contribution in [0.15, 0.2) is 12.1 Å².